The molecule has 0 spiro atoms. The van der Waals surface area contributed by atoms with Crippen molar-refractivity contribution >= 4 is 17.8 Å². The van der Waals surface area contributed by atoms with Crippen LogP contribution in [0.2, 0.25) is 0 Å². The van der Waals surface area contributed by atoms with E-state index in [1.54, 1.807) is 6.92 Å². The zero-order chi connectivity index (χ0) is 17.0. The Morgan fingerprint density at radius 1 is 1.00 bits per heavy atom. The van der Waals surface area contributed by atoms with Crippen molar-refractivity contribution in [1.29, 1.82) is 0 Å². The van der Waals surface area contributed by atoms with Gasteiger partial charge in [-0.25, -0.2) is 4.79 Å². The van der Waals surface area contributed by atoms with E-state index in [0.717, 1.165) is 25.7 Å². The molecule has 0 aliphatic carbocycles. The molecule has 128 valence electrons. The Labute approximate surface area is 133 Å². The standard InChI is InChI=1S/C16H30N2O4/c1-4-6-7-8-11-17-13(19)9-10-14(20)18-15(16(21)22)12(3)5-2/h12,15H,4-11H2,1-3H3,(H,17,19)(H,18,20)(H,21,22). The molecule has 0 saturated heterocycles. The first kappa shape index (κ1) is 20.4. The highest BCUT2D eigenvalue weighted by atomic mass is 16.4. The van der Waals surface area contributed by atoms with Crippen LogP contribution >= 0.6 is 0 Å². The summed E-state index contributed by atoms with van der Waals surface area (Å²) in [6, 6.07) is -0.894. The fraction of sp³-hybridized carbons (Fsp3) is 0.812. The van der Waals surface area contributed by atoms with E-state index in [4.69, 9.17) is 5.11 Å². The molecule has 2 atom stereocenters. The molecule has 0 fully saturated rings. The highest BCUT2D eigenvalue weighted by Gasteiger charge is 2.25. The number of nitrogens with one attached hydrogen (secondary N) is 2. The summed E-state index contributed by atoms with van der Waals surface area (Å²) in [5.41, 5.74) is 0. The Balaban J connectivity index is 3.96. The monoisotopic (exact) mass is 314 g/mol. The van der Waals surface area contributed by atoms with Gasteiger partial charge < -0.3 is 15.7 Å². The van der Waals surface area contributed by atoms with Crippen LogP contribution in [-0.4, -0.2) is 35.5 Å². The van der Waals surface area contributed by atoms with Gasteiger partial charge in [0.25, 0.3) is 0 Å². The van der Waals surface area contributed by atoms with Crippen molar-refractivity contribution in [2.45, 2.75) is 71.8 Å². The summed E-state index contributed by atoms with van der Waals surface area (Å²) in [7, 11) is 0. The number of rotatable bonds is 12. The van der Waals surface area contributed by atoms with E-state index < -0.39 is 17.9 Å². The minimum atomic E-state index is -1.04. The van der Waals surface area contributed by atoms with Crippen molar-refractivity contribution in [3.05, 3.63) is 0 Å². The van der Waals surface area contributed by atoms with Gasteiger partial charge in [-0.15, -0.1) is 0 Å². The van der Waals surface area contributed by atoms with Crippen LogP contribution in [0.4, 0.5) is 0 Å². The largest absolute Gasteiger partial charge is 0.480 e. The predicted molar refractivity (Wildman–Crippen MR) is 85.4 cm³/mol. The zero-order valence-corrected chi connectivity index (χ0v) is 14.0. The molecule has 0 aliphatic heterocycles. The Morgan fingerprint density at radius 2 is 1.64 bits per heavy atom. The Bertz CT molecular complexity index is 358. The Morgan fingerprint density at radius 3 is 2.18 bits per heavy atom. The van der Waals surface area contributed by atoms with Crippen LogP contribution in [0.15, 0.2) is 0 Å². The molecule has 0 heterocycles. The van der Waals surface area contributed by atoms with E-state index >= 15 is 0 Å². The van der Waals surface area contributed by atoms with Gasteiger partial charge in [0.1, 0.15) is 6.04 Å². The van der Waals surface area contributed by atoms with Crippen molar-refractivity contribution in [2.75, 3.05) is 6.54 Å². The van der Waals surface area contributed by atoms with E-state index in [1.165, 1.54) is 0 Å². The van der Waals surface area contributed by atoms with Crippen LogP contribution in [0.3, 0.4) is 0 Å². The van der Waals surface area contributed by atoms with Gasteiger partial charge in [0.15, 0.2) is 0 Å². The molecule has 2 unspecified atom stereocenters. The maximum atomic E-state index is 11.7. The van der Waals surface area contributed by atoms with Crippen molar-refractivity contribution in [1.82, 2.24) is 10.6 Å². The van der Waals surface area contributed by atoms with Crippen molar-refractivity contribution in [3.8, 4) is 0 Å². The van der Waals surface area contributed by atoms with Gasteiger partial charge in [0.2, 0.25) is 11.8 Å². The average Bonchev–Trinajstić information content (AvgIpc) is 2.49. The highest BCUT2D eigenvalue weighted by Crippen LogP contribution is 2.08. The van der Waals surface area contributed by atoms with E-state index in [0.29, 0.717) is 13.0 Å². The lowest BCUT2D eigenvalue weighted by atomic mass is 9.99. The van der Waals surface area contributed by atoms with Crippen LogP contribution in [0, 0.1) is 5.92 Å². The van der Waals surface area contributed by atoms with Crippen molar-refractivity contribution < 1.29 is 19.5 Å². The summed E-state index contributed by atoms with van der Waals surface area (Å²) in [5, 5.41) is 14.4. The van der Waals surface area contributed by atoms with Gasteiger partial charge in [0.05, 0.1) is 0 Å². The second kappa shape index (κ2) is 12.0. The smallest absolute Gasteiger partial charge is 0.326 e. The predicted octanol–water partition coefficient (Wildman–Crippen LogP) is 2.08. The lowest BCUT2D eigenvalue weighted by Gasteiger charge is -2.20. The minimum Gasteiger partial charge on any atom is -0.480 e. The van der Waals surface area contributed by atoms with Gasteiger partial charge in [-0.2, -0.15) is 0 Å². The maximum absolute atomic E-state index is 11.7. The molecule has 3 N–H and O–H groups in total. The van der Waals surface area contributed by atoms with Crippen LogP contribution in [0.1, 0.15) is 65.7 Å². The number of carbonyl (C=O) groups is 3. The fourth-order valence-corrected chi connectivity index (χ4v) is 2.02. The molecule has 0 saturated carbocycles. The summed E-state index contributed by atoms with van der Waals surface area (Å²) < 4.78 is 0. The molecule has 2 amide bonds. The summed E-state index contributed by atoms with van der Waals surface area (Å²) in [6.45, 7) is 6.41. The third-order valence-electron chi connectivity index (χ3n) is 3.73. The molecule has 0 aromatic rings. The second-order valence-corrected chi connectivity index (χ2v) is 5.68. The number of carboxylic acids is 1. The summed E-state index contributed by atoms with van der Waals surface area (Å²) in [6.07, 6.45) is 5.11. The molecular formula is C16H30N2O4. The number of hydrogen-bond acceptors (Lipinski definition) is 3. The normalized spacial score (nSPS) is 13.2. The molecule has 0 radical (unpaired) electrons. The molecule has 0 aromatic heterocycles. The number of carbonyl (C=O) groups excluding carboxylic acids is 2. The van der Waals surface area contributed by atoms with E-state index in [-0.39, 0.29) is 24.7 Å². The summed E-state index contributed by atoms with van der Waals surface area (Å²) in [5.74, 6) is -1.74. The van der Waals surface area contributed by atoms with Crippen LogP contribution in [0.25, 0.3) is 0 Å². The lowest BCUT2D eigenvalue weighted by molar-refractivity contribution is -0.143. The van der Waals surface area contributed by atoms with Gasteiger partial charge in [-0.1, -0.05) is 46.5 Å². The van der Waals surface area contributed by atoms with Crippen molar-refractivity contribution in [3.63, 3.8) is 0 Å². The van der Waals surface area contributed by atoms with E-state index in [1.807, 2.05) is 6.92 Å². The summed E-state index contributed by atoms with van der Waals surface area (Å²) >= 11 is 0. The van der Waals surface area contributed by atoms with Gasteiger partial charge in [0, 0.05) is 19.4 Å². The molecule has 0 aliphatic rings. The Kier molecular flexibility index (Phi) is 11.1. The molecule has 6 nitrogen and oxygen atoms in total. The SMILES string of the molecule is CCCCCCNC(=O)CCC(=O)NC(C(=O)O)C(C)CC. The first-order valence-corrected chi connectivity index (χ1v) is 8.21. The fourth-order valence-electron chi connectivity index (χ4n) is 2.02. The van der Waals surface area contributed by atoms with E-state index in [9.17, 15) is 14.4 Å². The lowest BCUT2D eigenvalue weighted by Crippen LogP contribution is -2.45. The number of hydrogen-bond donors (Lipinski definition) is 3. The van der Waals surface area contributed by atoms with Crippen LogP contribution in [0.5, 0.6) is 0 Å². The molecule has 0 aromatic carbocycles. The third kappa shape index (κ3) is 9.37. The number of carboxylic acid groups (broad SMARTS) is 1. The topological polar surface area (TPSA) is 95.5 Å². The zero-order valence-electron chi connectivity index (χ0n) is 14.0. The van der Waals surface area contributed by atoms with Crippen LogP contribution in [-0.2, 0) is 14.4 Å². The number of amides is 2. The minimum absolute atomic E-state index is 0.0149. The third-order valence-corrected chi connectivity index (χ3v) is 3.73. The molecule has 0 rings (SSSR count). The maximum Gasteiger partial charge on any atom is 0.326 e. The second-order valence-electron chi connectivity index (χ2n) is 5.68. The van der Waals surface area contributed by atoms with Gasteiger partial charge in [-0.3, -0.25) is 9.59 Å². The Hall–Kier alpha value is -1.59. The van der Waals surface area contributed by atoms with Gasteiger partial charge in [-0.05, 0) is 12.3 Å². The summed E-state index contributed by atoms with van der Waals surface area (Å²) in [4.78, 5) is 34.4. The molecule has 22 heavy (non-hydrogen) atoms. The van der Waals surface area contributed by atoms with Gasteiger partial charge >= 0.3 is 5.97 Å². The molecular weight excluding hydrogens is 284 g/mol. The first-order valence-electron chi connectivity index (χ1n) is 8.21. The molecule has 6 heteroatoms. The average molecular weight is 314 g/mol. The number of unbranched alkanes of at least 4 members (excludes halogenated alkanes) is 3. The highest BCUT2D eigenvalue weighted by molar-refractivity contribution is 5.87. The van der Waals surface area contributed by atoms with E-state index in [2.05, 4.69) is 17.6 Å². The van der Waals surface area contributed by atoms with Crippen molar-refractivity contribution in [2.24, 2.45) is 5.92 Å². The number of aliphatic carboxylic acids is 1. The quantitative estimate of drug-likeness (QED) is 0.481. The first-order chi connectivity index (χ1) is 10.4. The molecule has 0 bridgehead atoms. The van der Waals surface area contributed by atoms with Crippen LogP contribution < -0.4 is 10.6 Å².